The average Bonchev–Trinajstić information content (AvgIpc) is 2.60. The SMILES string of the molecule is CCOCC(=O)Nc1ccc(OC)nc1N1CCN(C(C)=O)CC1. The largest absolute Gasteiger partial charge is 0.481 e. The second-order valence-corrected chi connectivity index (χ2v) is 5.40. The van der Waals surface area contributed by atoms with Crippen LogP contribution in [0, 0.1) is 0 Å². The highest BCUT2D eigenvalue weighted by molar-refractivity contribution is 5.94. The summed E-state index contributed by atoms with van der Waals surface area (Å²) in [5.41, 5.74) is 0.608. The molecule has 1 aromatic heterocycles. The van der Waals surface area contributed by atoms with Crippen molar-refractivity contribution in [2.75, 3.05) is 56.7 Å². The number of amides is 2. The Balaban J connectivity index is 2.14. The predicted molar refractivity (Wildman–Crippen MR) is 90.4 cm³/mol. The maximum Gasteiger partial charge on any atom is 0.250 e. The fraction of sp³-hybridized carbons (Fsp3) is 0.562. The molecule has 0 unspecified atom stereocenters. The van der Waals surface area contributed by atoms with Crippen molar-refractivity contribution < 1.29 is 19.1 Å². The summed E-state index contributed by atoms with van der Waals surface area (Å²) in [6, 6.07) is 3.47. The molecule has 132 valence electrons. The highest BCUT2D eigenvalue weighted by Gasteiger charge is 2.22. The minimum atomic E-state index is -0.229. The molecule has 1 aliphatic heterocycles. The number of piperazine rings is 1. The van der Waals surface area contributed by atoms with E-state index in [1.54, 1.807) is 31.1 Å². The van der Waals surface area contributed by atoms with Gasteiger partial charge in [0.1, 0.15) is 6.61 Å². The summed E-state index contributed by atoms with van der Waals surface area (Å²) in [6.45, 7) is 6.43. The molecule has 0 saturated carbocycles. The van der Waals surface area contributed by atoms with Gasteiger partial charge in [0.05, 0.1) is 12.8 Å². The van der Waals surface area contributed by atoms with Crippen LogP contribution in [0.5, 0.6) is 5.88 Å². The lowest BCUT2D eigenvalue weighted by atomic mass is 10.2. The number of pyridine rings is 1. The molecule has 0 aliphatic carbocycles. The van der Waals surface area contributed by atoms with Gasteiger partial charge in [0.25, 0.3) is 0 Å². The van der Waals surface area contributed by atoms with Crippen molar-refractivity contribution in [1.29, 1.82) is 0 Å². The quantitative estimate of drug-likeness (QED) is 0.825. The first-order chi connectivity index (χ1) is 11.5. The van der Waals surface area contributed by atoms with Crippen LogP contribution >= 0.6 is 0 Å². The number of methoxy groups -OCH3 is 1. The van der Waals surface area contributed by atoms with Crippen LogP contribution in [0.25, 0.3) is 0 Å². The van der Waals surface area contributed by atoms with Crippen LogP contribution < -0.4 is 15.0 Å². The molecular weight excluding hydrogens is 312 g/mol. The maximum atomic E-state index is 11.9. The summed E-state index contributed by atoms with van der Waals surface area (Å²) in [5.74, 6) is 0.954. The number of nitrogens with one attached hydrogen (secondary N) is 1. The smallest absolute Gasteiger partial charge is 0.250 e. The van der Waals surface area contributed by atoms with Crippen LogP contribution in [0.15, 0.2) is 12.1 Å². The summed E-state index contributed by atoms with van der Waals surface area (Å²) in [5, 5.41) is 2.82. The zero-order chi connectivity index (χ0) is 17.5. The first-order valence-corrected chi connectivity index (χ1v) is 7.98. The average molecular weight is 336 g/mol. The van der Waals surface area contributed by atoms with Crippen LogP contribution in [-0.2, 0) is 14.3 Å². The fourth-order valence-corrected chi connectivity index (χ4v) is 2.50. The van der Waals surface area contributed by atoms with Crippen molar-refractivity contribution >= 4 is 23.3 Å². The number of hydrogen-bond donors (Lipinski definition) is 1. The molecule has 1 N–H and O–H groups in total. The number of nitrogens with zero attached hydrogens (tertiary/aromatic N) is 3. The molecular formula is C16H24N4O4. The third kappa shape index (κ3) is 4.58. The summed E-state index contributed by atoms with van der Waals surface area (Å²) in [4.78, 5) is 31.7. The standard InChI is InChI=1S/C16H24N4O4/c1-4-24-11-14(22)17-13-5-6-15(23-3)18-16(13)20-9-7-19(8-10-20)12(2)21/h5-6H,4,7-11H2,1-3H3,(H,17,22). The minimum absolute atomic E-state index is 0.0000829. The van der Waals surface area contributed by atoms with E-state index in [9.17, 15) is 9.59 Å². The first kappa shape index (κ1) is 18.0. The van der Waals surface area contributed by atoms with Crippen LogP contribution in [0.2, 0.25) is 0 Å². The molecule has 1 saturated heterocycles. The molecule has 1 fully saturated rings. The zero-order valence-electron chi connectivity index (χ0n) is 14.4. The lowest BCUT2D eigenvalue weighted by molar-refractivity contribution is -0.129. The normalized spacial score (nSPS) is 14.5. The molecule has 8 heteroatoms. The van der Waals surface area contributed by atoms with Crippen LogP contribution in [0.3, 0.4) is 0 Å². The molecule has 0 atom stereocenters. The van der Waals surface area contributed by atoms with E-state index in [0.717, 1.165) is 0 Å². The van der Waals surface area contributed by atoms with Crippen LogP contribution in [0.1, 0.15) is 13.8 Å². The molecule has 2 heterocycles. The Hall–Kier alpha value is -2.35. The van der Waals surface area contributed by atoms with Crippen LogP contribution in [-0.4, -0.2) is 68.2 Å². The van der Waals surface area contributed by atoms with E-state index in [4.69, 9.17) is 9.47 Å². The van der Waals surface area contributed by atoms with Gasteiger partial charge in [-0.25, -0.2) is 0 Å². The molecule has 0 radical (unpaired) electrons. The monoisotopic (exact) mass is 336 g/mol. The van der Waals surface area contributed by atoms with E-state index in [1.165, 1.54) is 0 Å². The topological polar surface area (TPSA) is 84.0 Å². The van der Waals surface area contributed by atoms with Gasteiger partial charge in [0, 0.05) is 45.8 Å². The van der Waals surface area contributed by atoms with Gasteiger partial charge in [-0.05, 0) is 13.0 Å². The number of rotatable bonds is 6. The Morgan fingerprint density at radius 3 is 2.54 bits per heavy atom. The Morgan fingerprint density at radius 2 is 1.96 bits per heavy atom. The van der Waals surface area contributed by atoms with Crippen molar-refractivity contribution in [3.63, 3.8) is 0 Å². The highest BCUT2D eigenvalue weighted by atomic mass is 16.5. The highest BCUT2D eigenvalue weighted by Crippen LogP contribution is 2.27. The van der Waals surface area contributed by atoms with E-state index in [0.29, 0.717) is 50.2 Å². The molecule has 1 aromatic rings. The number of carbonyl (C=O) groups excluding carboxylic acids is 2. The van der Waals surface area contributed by atoms with Gasteiger partial charge in [-0.2, -0.15) is 4.98 Å². The van der Waals surface area contributed by atoms with E-state index < -0.39 is 0 Å². The first-order valence-electron chi connectivity index (χ1n) is 7.98. The zero-order valence-corrected chi connectivity index (χ0v) is 14.4. The fourth-order valence-electron chi connectivity index (χ4n) is 2.50. The Kier molecular flexibility index (Phi) is 6.36. The number of carbonyl (C=O) groups is 2. The third-order valence-corrected chi connectivity index (χ3v) is 3.79. The molecule has 2 rings (SSSR count). The number of ether oxygens (including phenoxy) is 2. The van der Waals surface area contributed by atoms with Crippen molar-refractivity contribution in [2.45, 2.75) is 13.8 Å². The summed E-state index contributed by atoms with van der Waals surface area (Å²) in [6.07, 6.45) is 0. The van der Waals surface area contributed by atoms with Gasteiger partial charge < -0.3 is 24.6 Å². The predicted octanol–water partition coefficient (Wildman–Crippen LogP) is 0.734. The molecule has 2 amide bonds. The molecule has 8 nitrogen and oxygen atoms in total. The summed E-state index contributed by atoms with van der Waals surface area (Å²) >= 11 is 0. The van der Waals surface area contributed by atoms with Gasteiger partial charge in [0.15, 0.2) is 5.82 Å². The van der Waals surface area contributed by atoms with Gasteiger partial charge in [-0.1, -0.05) is 0 Å². The van der Waals surface area contributed by atoms with Crippen molar-refractivity contribution in [1.82, 2.24) is 9.88 Å². The Labute approximate surface area is 141 Å². The molecule has 0 bridgehead atoms. The number of anilines is 2. The Bertz CT molecular complexity index is 585. The maximum absolute atomic E-state index is 11.9. The number of hydrogen-bond acceptors (Lipinski definition) is 6. The van der Waals surface area contributed by atoms with Crippen LogP contribution in [0.4, 0.5) is 11.5 Å². The van der Waals surface area contributed by atoms with Gasteiger partial charge >= 0.3 is 0 Å². The molecule has 0 spiro atoms. The van der Waals surface area contributed by atoms with E-state index >= 15 is 0 Å². The summed E-state index contributed by atoms with van der Waals surface area (Å²) in [7, 11) is 1.55. The molecule has 1 aliphatic rings. The second-order valence-electron chi connectivity index (χ2n) is 5.40. The lowest BCUT2D eigenvalue weighted by Gasteiger charge is -2.35. The summed E-state index contributed by atoms with van der Waals surface area (Å²) < 4.78 is 10.3. The molecule has 24 heavy (non-hydrogen) atoms. The second kappa shape index (κ2) is 8.49. The van der Waals surface area contributed by atoms with Crippen molar-refractivity contribution in [3.05, 3.63) is 12.1 Å². The van der Waals surface area contributed by atoms with E-state index in [-0.39, 0.29) is 18.4 Å². The van der Waals surface area contributed by atoms with Crippen molar-refractivity contribution in [3.8, 4) is 5.88 Å². The lowest BCUT2D eigenvalue weighted by Crippen LogP contribution is -2.48. The third-order valence-electron chi connectivity index (χ3n) is 3.79. The van der Waals surface area contributed by atoms with Gasteiger partial charge in [-0.15, -0.1) is 0 Å². The van der Waals surface area contributed by atoms with Gasteiger partial charge in [-0.3, -0.25) is 9.59 Å². The van der Waals surface area contributed by atoms with E-state index in [1.807, 2.05) is 11.8 Å². The van der Waals surface area contributed by atoms with Gasteiger partial charge in [0.2, 0.25) is 17.7 Å². The Morgan fingerprint density at radius 1 is 1.25 bits per heavy atom. The molecule has 0 aromatic carbocycles. The van der Waals surface area contributed by atoms with Crippen molar-refractivity contribution in [2.24, 2.45) is 0 Å². The van der Waals surface area contributed by atoms with E-state index in [2.05, 4.69) is 10.3 Å². The number of aromatic nitrogens is 1. The minimum Gasteiger partial charge on any atom is -0.481 e.